The van der Waals surface area contributed by atoms with Gasteiger partial charge >= 0.3 is 0 Å². The first-order chi connectivity index (χ1) is 6.83. The van der Waals surface area contributed by atoms with Gasteiger partial charge < -0.3 is 5.32 Å². The summed E-state index contributed by atoms with van der Waals surface area (Å²) in [6, 6.07) is 0. The fraction of sp³-hybridized carbons (Fsp3) is 0.667. The van der Waals surface area contributed by atoms with Crippen molar-refractivity contribution in [3.05, 3.63) is 23.8 Å². The second-order valence-electron chi connectivity index (χ2n) is 3.90. The molecule has 0 radical (unpaired) electrons. The lowest BCUT2D eigenvalue weighted by molar-refractivity contribution is 0.736. The molecule has 1 aliphatic heterocycles. The Labute approximate surface area is 89.8 Å². The molecule has 0 aromatic carbocycles. The largest absolute Gasteiger partial charge is 0.313 e. The van der Waals surface area contributed by atoms with Crippen molar-refractivity contribution >= 4 is 8.58 Å². The molecule has 0 aromatic heterocycles. The van der Waals surface area contributed by atoms with E-state index in [0.717, 1.165) is 27.3 Å². The second kappa shape index (κ2) is 7.20. The summed E-state index contributed by atoms with van der Waals surface area (Å²) in [4.78, 5) is 0. The molecule has 0 aliphatic carbocycles. The summed E-state index contributed by atoms with van der Waals surface area (Å²) in [7, 11) is 1.10. The van der Waals surface area contributed by atoms with Crippen molar-refractivity contribution in [2.45, 2.75) is 32.3 Å². The molecule has 0 fully saturated rings. The molecule has 80 valence electrons. The van der Waals surface area contributed by atoms with Gasteiger partial charge in [0.1, 0.15) is 0 Å². The van der Waals surface area contributed by atoms with Gasteiger partial charge in [0, 0.05) is 6.54 Å². The van der Waals surface area contributed by atoms with Gasteiger partial charge in [-0.2, -0.15) is 0 Å². The van der Waals surface area contributed by atoms with E-state index in [0.29, 0.717) is 0 Å². The van der Waals surface area contributed by atoms with Crippen LogP contribution < -0.4 is 5.32 Å². The third kappa shape index (κ3) is 4.93. The van der Waals surface area contributed by atoms with Gasteiger partial charge in [0.05, 0.1) is 0 Å². The van der Waals surface area contributed by atoms with Gasteiger partial charge in [-0.25, -0.2) is 0 Å². The van der Waals surface area contributed by atoms with Crippen molar-refractivity contribution in [2.24, 2.45) is 0 Å². The van der Waals surface area contributed by atoms with Crippen LogP contribution >= 0.6 is 8.58 Å². The van der Waals surface area contributed by atoms with Crippen LogP contribution in [0.5, 0.6) is 0 Å². The monoisotopic (exact) mass is 211 g/mol. The number of rotatable bonds is 4. The molecule has 0 amide bonds. The van der Waals surface area contributed by atoms with E-state index < -0.39 is 0 Å². The zero-order chi connectivity index (χ0) is 10.2. The summed E-state index contributed by atoms with van der Waals surface area (Å²) >= 11 is 0. The summed E-state index contributed by atoms with van der Waals surface area (Å²) in [5, 5.41) is 3.39. The standard InChI is InChI=1S/C12H22NP/c1-3-11(2)14-10-12-6-4-5-8-13-9-7-12/h4-6,11,13-14H,3,7-10H2,1-2H3/t11-/m1/s1. The van der Waals surface area contributed by atoms with Crippen molar-refractivity contribution in [3.63, 3.8) is 0 Å². The molecule has 1 aliphatic rings. The minimum absolute atomic E-state index is 0.901. The third-order valence-corrected chi connectivity index (χ3v) is 4.41. The maximum Gasteiger partial charge on any atom is 0.0138 e. The molecular formula is C12H22NP. The molecule has 0 bridgehead atoms. The maximum absolute atomic E-state index is 3.39. The maximum atomic E-state index is 3.39. The van der Waals surface area contributed by atoms with E-state index in [-0.39, 0.29) is 0 Å². The highest BCUT2D eigenvalue weighted by atomic mass is 31.1. The Morgan fingerprint density at radius 1 is 1.57 bits per heavy atom. The fourth-order valence-corrected chi connectivity index (χ4v) is 2.58. The van der Waals surface area contributed by atoms with E-state index in [9.17, 15) is 0 Å². The average Bonchev–Trinajstić information content (AvgIpc) is 2.15. The number of hydrogen-bond donors (Lipinski definition) is 1. The summed E-state index contributed by atoms with van der Waals surface area (Å²) in [5.74, 6) is 0. The minimum Gasteiger partial charge on any atom is -0.313 e. The Hall–Kier alpha value is -0.130. The lowest BCUT2D eigenvalue weighted by atomic mass is 10.2. The summed E-state index contributed by atoms with van der Waals surface area (Å²) in [6.45, 7) is 6.81. The normalized spacial score (nSPS) is 20.6. The van der Waals surface area contributed by atoms with Crippen LogP contribution in [0.15, 0.2) is 23.8 Å². The Morgan fingerprint density at radius 2 is 2.43 bits per heavy atom. The van der Waals surface area contributed by atoms with Crippen LogP contribution in [0, 0.1) is 0 Å². The first-order valence-electron chi connectivity index (χ1n) is 5.61. The predicted molar refractivity (Wildman–Crippen MR) is 67.6 cm³/mol. The third-order valence-electron chi connectivity index (χ3n) is 2.64. The molecule has 1 heterocycles. The molecule has 0 spiro atoms. The summed E-state index contributed by atoms with van der Waals surface area (Å²) < 4.78 is 0. The molecule has 0 saturated heterocycles. The quantitative estimate of drug-likeness (QED) is 0.705. The number of allylic oxidation sites excluding steroid dienone is 2. The Morgan fingerprint density at radius 3 is 3.21 bits per heavy atom. The van der Waals surface area contributed by atoms with Crippen LogP contribution in [0.2, 0.25) is 0 Å². The lowest BCUT2D eigenvalue weighted by Crippen LogP contribution is -2.17. The van der Waals surface area contributed by atoms with Crippen molar-refractivity contribution in [1.29, 1.82) is 0 Å². The van der Waals surface area contributed by atoms with Gasteiger partial charge in [0.15, 0.2) is 0 Å². The Balaban J connectivity index is 2.33. The van der Waals surface area contributed by atoms with Crippen LogP contribution in [0.1, 0.15) is 26.7 Å². The SMILES string of the molecule is CC[C@@H](C)PCC1=CC=CCNCC1. The van der Waals surface area contributed by atoms with E-state index in [1.807, 2.05) is 0 Å². The van der Waals surface area contributed by atoms with Crippen molar-refractivity contribution in [2.75, 3.05) is 19.3 Å². The van der Waals surface area contributed by atoms with Gasteiger partial charge in [-0.1, -0.05) is 37.6 Å². The van der Waals surface area contributed by atoms with E-state index >= 15 is 0 Å². The van der Waals surface area contributed by atoms with Gasteiger partial charge in [0.25, 0.3) is 0 Å². The predicted octanol–water partition coefficient (Wildman–Crippen LogP) is 2.94. The van der Waals surface area contributed by atoms with Gasteiger partial charge in [-0.05, 0) is 31.2 Å². The van der Waals surface area contributed by atoms with E-state index in [2.05, 4.69) is 37.4 Å². The van der Waals surface area contributed by atoms with Crippen LogP contribution in [-0.2, 0) is 0 Å². The number of nitrogens with one attached hydrogen (secondary N) is 1. The van der Waals surface area contributed by atoms with E-state index in [1.54, 1.807) is 5.57 Å². The first kappa shape index (κ1) is 11.9. The highest BCUT2D eigenvalue weighted by Crippen LogP contribution is 2.25. The Bertz CT molecular complexity index is 208. The highest BCUT2D eigenvalue weighted by molar-refractivity contribution is 7.39. The van der Waals surface area contributed by atoms with E-state index in [4.69, 9.17) is 0 Å². The highest BCUT2D eigenvalue weighted by Gasteiger charge is 2.02. The van der Waals surface area contributed by atoms with Crippen molar-refractivity contribution in [1.82, 2.24) is 5.32 Å². The van der Waals surface area contributed by atoms with Gasteiger partial charge in [0.2, 0.25) is 0 Å². The van der Waals surface area contributed by atoms with Crippen molar-refractivity contribution in [3.8, 4) is 0 Å². The zero-order valence-electron chi connectivity index (χ0n) is 9.34. The molecule has 0 saturated carbocycles. The molecule has 1 nitrogen and oxygen atoms in total. The second-order valence-corrected chi connectivity index (χ2v) is 5.64. The smallest absolute Gasteiger partial charge is 0.0138 e. The van der Waals surface area contributed by atoms with Gasteiger partial charge in [-0.3, -0.25) is 0 Å². The Kier molecular flexibility index (Phi) is 6.14. The molecular weight excluding hydrogens is 189 g/mol. The summed E-state index contributed by atoms with van der Waals surface area (Å²) in [5.41, 5.74) is 2.52. The van der Waals surface area contributed by atoms with Crippen LogP contribution in [0.3, 0.4) is 0 Å². The molecule has 1 rings (SSSR count). The molecule has 0 aromatic rings. The van der Waals surface area contributed by atoms with Gasteiger partial charge in [-0.15, -0.1) is 8.58 Å². The molecule has 2 heteroatoms. The molecule has 1 N–H and O–H groups in total. The zero-order valence-corrected chi connectivity index (χ0v) is 10.3. The fourth-order valence-electron chi connectivity index (χ4n) is 1.39. The number of hydrogen-bond acceptors (Lipinski definition) is 1. The molecule has 2 atom stereocenters. The minimum atomic E-state index is 0.901. The van der Waals surface area contributed by atoms with Crippen molar-refractivity contribution < 1.29 is 0 Å². The van der Waals surface area contributed by atoms with E-state index in [1.165, 1.54) is 19.0 Å². The van der Waals surface area contributed by atoms with Crippen LogP contribution in [-0.4, -0.2) is 24.9 Å². The summed E-state index contributed by atoms with van der Waals surface area (Å²) in [6.07, 6.45) is 10.6. The molecule has 1 unspecified atom stereocenters. The topological polar surface area (TPSA) is 12.0 Å². The van der Waals surface area contributed by atoms with Crippen LogP contribution in [0.4, 0.5) is 0 Å². The lowest BCUT2D eigenvalue weighted by Gasteiger charge is -2.12. The average molecular weight is 211 g/mol. The molecule has 14 heavy (non-hydrogen) atoms. The first-order valence-corrected chi connectivity index (χ1v) is 6.90. The van der Waals surface area contributed by atoms with Crippen LogP contribution in [0.25, 0.3) is 0 Å².